The van der Waals surface area contributed by atoms with Gasteiger partial charge in [-0.05, 0) is 17.5 Å². The van der Waals surface area contributed by atoms with Crippen LogP contribution in [0.25, 0.3) is 0 Å². The monoisotopic (exact) mass is 236 g/mol. The molecule has 0 unspecified atom stereocenters. The summed E-state index contributed by atoms with van der Waals surface area (Å²) in [4.78, 5) is 2.66. The Labute approximate surface area is 103 Å². The van der Waals surface area contributed by atoms with Crippen LogP contribution in [-0.2, 0) is 0 Å². The van der Waals surface area contributed by atoms with Crippen LogP contribution in [0.4, 0.5) is 5.69 Å². The van der Waals surface area contributed by atoms with E-state index >= 15 is 0 Å². The fourth-order valence-corrected chi connectivity index (χ4v) is 1.98. The van der Waals surface area contributed by atoms with Crippen LogP contribution < -0.4 is 10.6 Å². The molecule has 0 aromatic heterocycles. The van der Waals surface area contributed by atoms with Crippen molar-refractivity contribution in [2.24, 2.45) is 11.1 Å². The zero-order chi connectivity index (χ0) is 12.3. The highest BCUT2D eigenvalue weighted by atomic mass is 32.1. The highest BCUT2D eigenvalue weighted by Gasteiger charge is 2.16. The number of rotatable bonds is 3. The van der Waals surface area contributed by atoms with Gasteiger partial charge in [0, 0.05) is 24.8 Å². The number of benzene rings is 1. The second-order valence-electron chi connectivity index (χ2n) is 5.30. The summed E-state index contributed by atoms with van der Waals surface area (Å²) >= 11 is 5.06. The third-order valence-electron chi connectivity index (χ3n) is 2.29. The maximum Gasteiger partial charge on any atom is 0.106 e. The normalized spacial score (nSPS) is 11.2. The number of para-hydroxylation sites is 1. The van der Waals surface area contributed by atoms with Gasteiger partial charge in [0.15, 0.2) is 0 Å². The molecular weight excluding hydrogens is 216 g/mol. The number of nitrogens with two attached hydrogens (primary N) is 1. The fourth-order valence-electron chi connectivity index (χ4n) is 1.81. The topological polar surface area (TPSA) is 29.3 Å². The molecular formula is C13H20N2S. The lowest BCUT2D eigenvalue weighted by molar-refractivity contribution is 0.419. The summed E-state index contributed by atoms with van der Waals surface area (Å²) < 4.78 is 0. The zero-order valence-corrected chi connectivity index (χ0v) is 11.3. The van der Waals surface area contributed by atoms with Gasteiger partial charge in [-0.1, -0.05) is 45.1 Å². The Kier molecular flexibility index (Phi) is 3.92. The van der Waals surface area contributed by atoms with E-state index < -0.39 is 0 Å². The number of hydrogen-bond acceptors (Lipinski definition) is 2. The molecule has 0 atom stereocenters. The molecule has 88 valence electrons. The molecule has 0 fully saturated rings. The van der Waals surface area contributed by atoms with Crippen molar-refractivity contribution in [2.45, 2.75) is 20.8 Å². The Bertz CT molecular complexity index is 380. The van der Waals surface area contributed by atoms with Crippen LogP contribution in [-0.4, -0.2) is 18.6 Å². The van der Waals surface area contributed by atoms with Gasteiger partial charge in [0.05, 0.1) is 0 Å². The van der Waals surface area contributed by atoms with Crippen molar-refractivity contribution in [3.63, 3.8) is 0 Å². The maximum absolute atomic E-state index is 5.72. The summed E-state index contributed by atoms with van der Waals surface area (Å²) in [6.07, 6.45) is 0. The van der Waals surface area contributed by atoms with Crippen LogP contribution in [0.2, 0.25) is 0 Å². The molecule has 0 saturated carbocycles. The second kappa shape index (κ2) is 4.83. The fraction of sp³-hybridized carbons (Fsp3) is 0.462. The van der Waals surface area contributed by atoms with Crippen molar-refractivity contribution in [1.82, 2.24) is 0 Å². The molecule has 1 aromatic rings. The van der Waals surface area contributed by atoms with Crippen molar-refractivity contribution in [2.75, 3.05) is 18.5 Å². The quantitative estimate of drug-likeness (QED) is 0.818. The van der Waals surface area contributed by atoms with E-state index in [4.69, 9.17) is 18.0 Å². The molecule has 0 saturated heterocycles. The van der Waals surface area contributed by atoms with Gasteiger partial charge in [0.2, 0.25) is 0 Å². The van der Waals surface area contributed by atoms with Gasteiger partial charge < -0.3 is 10.6 Å². The first-order valence-corrected chi connectivity index (χ1v) is 5.82. The molecule has 0 bridgehead atoms. The van der Waals surface area contributed by atoms with Crippen LogP contribution in [0.15, 0.2) is 24.3 Å². The summed E-state index contributed by atoms with van der Waals surface area (Å²) in [6.45, 7) is 7.61. The van der Waals surface area contributed by atoms with Crippen LogP contribution in [0.5, 0.6) is 0 Å². The second-order valence-corrected chi connectivity index (χ2v) is 5.74. The van der Waals surface area contributed by atoms with E-state index in [1.54, 1.807) is 0 Å². The Balaban J connectivity index is 2.99. The summed E-state index contributed by atoms with van der Waals surface area (Å²) in [5.74, 6) is 0. The molecule has 3 heteroatoms. The van der Waals surface area contributed by atoms with E-state index in [0.29, 0.717) is 4.99 Å². The maximum atomic E-state index is 5.72. The highest BCUT2D eigenvalue weighted by molar-refractivity contribution is 7.80. The van der Waals surface area contributed by atoms with Gasteiger partial charge in [-0.25, -0.2) is 0 Å². The van der Waals surface area contributed by atoms with Crippen molar-refractivity contribution in [3.05, 3.63) is 29.8 Å². The molecule has 0 aliphatic carbocycles. The lowest BCUT2D eigenvalue weighted by Crippen LogP contribution is -2.30. The van der Waals surface area contributed by atoms with Crippen molar-refractivity contribution in [1.29, 1.82) is 0 Å². The lowest BCUT2D eigenvalue weighted by Gasteiger charge is -2.29. The van der Waals surface area contributed by atoms with Crippen LogP contribution >= 0.6 is 12.2 Å². The molecule has 2 N–H and O–H groups in total. The number of anilines is 1. The average molecular weight is 236 g/mol. The minimum Gasteiger partial charge on any atom is -0.389 e. The third kappa shape index (κ3) is 3.49. The predicted molar refractivity (Wildman–Crippen MR) is 75.1 cm³/mol. The smallest absolute Gasteiger partial charge is 0.106 e. The third-order valence-corrected chi connectivity index (χ3v) is 2.51. The standard InChI is InChI=1S/C13H20N2S/c1-13(2,3)9-15(4)11-8-6-5-7-10(11)12(14)16/h5-8H,9H2,1-4H3,(H2,14,16). The minimum absolute atomic E-state index is 0.248. The van der Waals surface area contributed by atoms with Crippen molar-refractivity contribution >= 4 is 22.9 Å². The molecule has 2 nitrogen and oxygen atoms in total. The van der Waals surface area contributed by atoms with Crippen molar-refractivity contribution in [3.8, 4) is 0 Å². The molecule has 0 aliphatic heterocycles. The Hall–Kier alpha value is -1.09. The SMILES string of the molecule is CN(CC(C)(C)C)c1ccccc1C(N)=S. The molecule has 0 aliphatic rings. The van der Waals surface area contributed by atoms with E-state index in [2.05, 4.69) is 38.8 Å². The lowest BCUT2D eigenvalue weighted by atomic mass is 9.95. The molecule has 0 radical (unpaired) electrons. The van der Waals surface area contributed by atoms with Gasteiger partial charge in [-0.3, -0.25) is 0 Å². The summed E-state index contributed by atoms with van der Waals surface area (Å²) in [5, 5.41) is 0. The molecule has 0 spiro atoms. The number of hydrogen-bond donors (Lipinski definition) is 1. The molecule has 0 amide bonds. The van der Waals surface area contributed by atoms with Gasteiger partial charge in [0.25, 0.3) is 0 Å². The summed E-state index contributed by atoms with van der Waals surface area (Å²) in [6, 6.07) is 8.00. The first kappa shape index (κ1) is 13.0. The summed E-state index contributed by atoms with van der Waals surface area (Å²) in [7, 11) is 2.07. The van der Waals surface area contributed by atoms with Gasteiger partial charge >= 0.3 is 0 Å². The van der Waals surface area contributed by atoms with E-state index in [1.807, 2.05) is 18.2 Å². The largest absolute Gasteiger partial charge is 0.389 e. The van der Waals surface area contributed by atoms with E-state index in [9.17, 15) is 0 Å². The molecule has 16 heavy (non-hydrogen) atoms. The average Bonchev–Trinajstić information content (AvgIpc) is 2.15. The van der Waals surface area contributed by atoms with Gasteiger partial charge in [0.1, 0.15) is 4.99 Å². The van der Waals surface area contributed by atoms with E-state index in [1.165, 1.54) is 0 Å². The zero-order valence-electron chi connectivity index (χ0n) is 10.4. The minimum atomic E-state index is 0.248. The molecule has 1 rings (SSSR count). The first-order chi connectivity index (χ1) is 7.31. The Morgan fingerprint density at radius 3 is 2.38 bits per heavy atom. The van der Waals surface area contributed by atoms with Crippen molar-refractivity contribution < 1.29 is 0 Å². The molecule has 0 heterocycles. The molecule has 1 aromatic carbocycles. The van der Waals surface area contributed by atoms with Crippen LogP contribution in [0, 0.1) is 5.41 Å². The Morgan fingerprint density at radius 2 is 1.88 bits per heavy atom. The summed E-state index contributed by atoms with van der Waals surface area (Å²) in [5.41, 5.74) is 8.02. The van der Waals surface area contributed by atoms with Crippen LogP contribution in [0.3, 0.4) is 0 Å². The predicted octanol–water partition coefficient (Wildman–Crippen LogP) is 2.80. The first-order valence-electron chi connectivity index (χ1n) is 5.41. The number of nitrogens with zero attached hydrogens (tertiary/aromatic N) is 1. The van der Waals surface area contributed by atoms with E-state index in [-0.39, 0.29) is 5.41 Å². The number of thiocarbonyl (C=S) groups is 1. The Morgan fingerprint density at radius 1 is 1.31 bits per heavy atom. The highest BCUT2D eigenvalue weighted by Crippen LogP contribution is 2.23. The van der Waals surface area contributed by atoms with E-state index in [0.717, 1.165) is 17.8 Å². The van der Waals surface area contributed by atoms with Gasteiger partial charge in [-0.2, -0.15) is 0 Å². The van der Waals surface area contributed by atoms with Crippen LogP contribution in [0.1, 0.15) is 26.3 Å². The van der Waals surface area contributed by atoms with Gasteiger partial charge in [-0.15, -0.1) is 0 Å².